The molecule has 4 aliphatic rings. The van der Waals surface area contributed by atoms with Gasteiger partial charge in [0.15, 0.2) is 12.3 Å². The molecule has 4 heterocycles. The van der Waals surface area contributed by atoms with Crippen molar-refractivity contribution in [1.29, 1.82) is 0 Å². The van der Waals surface area contributed by atoms with Gasteiger partial charge in [-0.1, -0.05) is 36.4 Å². The number of fused-ring (bicyclic) bond motifs is 2. The van der Waals surface area contributed by atoms with Crippen LogP contribution in [-0.2, 0) is 10.8 Å². The molecule has 2 saturated heterocycles. The Morgan fingerprint density at radius 3 is 1.62 bits per heavy atom. The van der Waals surface area contributed by atoms with E-state index in [1.54, 1.807) is 9.80 Å². The fourth-order valence-corrected chi connectivity index (χ4v) is 7.03. The van der Waals surface area contributed by atoms with E-state index in [2.05, 4.69) is 73.3 Å². The minimum atomic E-state index is 0.162. The number of likely N-dealkylation sites (N-methyl/N-ethyl adjacent to an activating group) is 2. The number of para-hydroxylation sites is 2. The highest BCUT2D eigenvalue weighted by atomic mass is 15.4. The summed E-state index contributed by atoms with van der Waals surface area (Å²) in [5.41, 5.74) is 6.11. The van der Waals surface area contributed by atoms with Crippen LogP contribution in [0.1, 0.15) is 24.0 Å². The number of anilines is 2. The summed E-state index contributed by atoms with van der Waals surface area (Å²) >= 11 is 0. The molecule has 0 amide bonds. The van der Waals surface area contributed by atoms with Crippen molar-refractivity contribution in [1.82, 2.24) is 0 Å². The molecule has 134 valence electrons. The molecular formula is C22H28N4+2. The van der Waals surface area contributed by atoms with Gasteiger partial charge in [0, 0.05) is 24.2 Å². The summed E-state index contributed by atoms with van der Waals surface area (Å²) in [6.45, 7) is 2.45. The third kappa shape index (κ3) is 1.47. The maximum Gasteiger partial charge on any atom is 0.171 e. The number of hydrogen-bond donors (Lipinski definition) is 4. The van der Waals surface area contributed by atoms with Gasteiger partial charge < -0.3 is 20.4 Å². The van der Waals surface area contributed by atoms with Crippen molar-refractivity contribution in [2.24, 2.45) is 0 Å². The van der Waals surface area contributed by atoms with Gasteiger partial charge in [0.1, 0.15) is 0 Å². The monoisotopic (exact) mass is 348 g/mol. The van der Waals surface area contributed by atoms with Gasteiger partial charge in [0.2, 0.25) is 0 Å². The average molecular weight is 348 g/mol. The summed E-state index contributed by atoms with van der Waals surface area (Å²) in [6, 6.07) is 18.2. The van der Waals surface area contributed by atoms with Crippen LogP contribution in [0.15, 0.2) is 48.5 Å². The third-order valence-corrected chi connectivity index (χ3v) is 8.01. The topological polar surface area (TPSA) is 32.9 Å². The summed E-state index contributed by atoms with van der Waals surface area (Å²) in [4.78, 5) is 3.26. The van der Waals surface area contributed by atoms with Crippen molar-refractivity contribution in [3.63, 3.8) is 0 Å². The molecule has 2 aromatic rings. The standard InChI is InChI=1S/C22H26N4/c1-25-13-11-22-16-8-4-5-9-17(16)23-19(25)21(22)12-14-26(2)20(22)24-18-10-6-3-7-15(18)21/h3-10,19-20,23-24H,11-14H2,1-2H3/p+2/t19-,20+,21-,22-/m0/s1. The second-order valence-electron chi connectivity index (χ2n) is 8.88. The maximum atomic E-state index is 4.00. The van der Waals surface area contributed by atoms with Crippen molar-refractivity contribution in [3.05, 3.63) is 59.7 Å². The highest BCUT2D eigenvalue weighted by Crippen LogP contribution is 2.61. The smallest absolute Gasteiger partial charge is 0.171 e. The lowest BCUT2D eigenvalue weighted by atomic mass is 9.45. The Morgan fingerprint density at radius 2 is 1.15 bits per heavy atom. The van der Waals surface area contributed by atoms with Crippen molar-refractivity contribution >= 4 is 11.4 Å². The second-order valence-corrected chi connectivity index (χ2v) is 8.88. The first-order valence-corrected chi connectivity index (χ1v) is 10.1. The van der Waals surface area contributed by atoms with Crippen LogP contribution in [0.25, 0.3) is 0 Å². The van der Waals surface area contributed by atoms with E-state index in [1.807, 2.05) is 0 Å². The van der Waals surface area contributed by atoms with Crippen LogP contribution in [0.4, 0.5) is 11.4 Å². The van der Waals surface area contributed by atoms with Gasteiger partial charge in [0.05, 0.1) is 38.0 Å². The Balaban J connectivity index is 1.75. The van der Waals surface area contributed by atoms with Gasteiger partial charge in [-0.25, -0.2) is 0 Å². The number of nitrogens with one attached hydrogen (secondary N) is 4. The Hall–Kier alpha value is -2.04. The van der Waals surface area contributed by atoms with Gasteiger partial charge >= 0.3 is 0 Å². The molecule has 4 aliphatic heterocycles. The van der Waals surface area contributed by atoms with Crippen molar-refractivity contribution in [2.45, 2.75) is 36.0 Å². The third-order valence-electron chi connectivity index (χ3n) is 8.01. The van der Waals surface area contributed by atoms with Crippen LogP contribution in [-0.4, -0.2) is 39.5 Å². The van der Waals surface area contributed by atoms with E-state index in [-0.39, 0.29) is 10.8 Å². The molecule has 0 saturated carbocycles. The van der Waals surface area contributed by atoms with Crippen LogP contribution < -0.4 is 20.4 Å². The zero-order chi connectivity index (χ0) is 17.5. The summed E-state index contributed by atoms with van der Waals surface area (Å²) in [5.74, 6) is 0. The van der Waals surface area contributed by atoms with Gasteiger partial charge in [-0.3, -0.25) is 0 Å². The van der Waals surface area contributed by atoms with Crippen molar-refractivity contribution in [3.8, 4) is 0 Å². The van der Waals surface area contributed by atoms with E-state index >= 15 is 0 Å². The largest absolute Gasteiger partial charge is 0.335 e. The quantitative estimate of drug-likeness (QED) is 0.549. The fraction of sp³-hybridized carbons (Fsp3) is 0.455. The normalized spacial score (nSPS) is 41.8. The molecule has 4 heteroatoms. The van der Waals surface area contributed by atoms with E-state index in [4.69, 9.17) is 0 Å². The fourth-order valence-electron chi connectivity index (χ4n) is 7.03. The van der Waals surface area contributed by atoms with Crippen LogP contribution in [0.3, 0.4) is 0 Å². The van der Waals surface area contributed by atoms with Gasteiger partial charge in [-0.2, -0.15) is 0 Å². The van der Waals surface area contributed by atoms with Crippen LogP contribution in [0, 0.1) is 0 Å². The number of hydrogen-bond acceptors (Lipinski definition) is 2. The first-order valence-electron chi connectivity index (χ1n) is 10.1. The molecule has 4 bridgehead atoms. The van der Waals surface area contributed by atoms with E-state index < -0.39 is 0 Å². The van der Waals surface area contributed by atoms with E-state index in [0.717, 1.165) is 0 Å². The Bertz CT molecular complexity index is 822. The van der Waals surface area contributed by atoms with Crippen LogP contribution >= 0.6 is 0 Å². The molecule has 2 unspecified atom stereocenters. The molecule has 4 N–H and O–H groups in total. The highest BCUT2D eigenvalue weighted by molar-refractivity contribution is 5.70. The predicted molar refractivity (Wildman–Crippen MR) is 104 cm³/mol. The lowest BCUT2D eigenvalue weighted by Crippen LogP contribution is -3.25. The SMILES string of the molecule is C[NH+]1CC[C@@]23c4ccccc4N[C@H]1[C@@]21CC[NH+](C)[C@@H]3Nc2ccccc21. The van der Waals surface area contributed by atoms with Crippen LogP contribution in [0.5, 0.6) is 0 Å². The molecule has 2 fully saturated rings. The average Bonchev–Trinajstić information content (AvgIpc) is 2.67. The molecule has 0 radical (unpaired) electrons. The summed E-state index contributed by atoms with van der Waals surface area (Å²) in [6.07, 6.45) is 3.37. The molecule has 0 spiro atoms. The second kappa shape index (κ2) is 4.81. The molecule has 2 aromatic carbocycles. The number of benzene rings is 2. The first kappa shape index (κ1) is 15.1. The first-order chi connectivity index (χ1) is 12.7. The molecule has 4 nitrogen and oxygen atoms in total. The van der Waals surface area contributed by atoms with Crippen LogP contribution in [0.2, 0.25) is 0 Å². The number of quaternary nitrogens is 2. The summed E-state index contributed by atoms with van der Waals surface area (Å²) in [7, 11) is 4.77. The van der Waals surface area contributed by atoms with E-state index in [1.165, 1.54) is 48.4 Å². The summed E-state index contributed by atoms with van der Waals surface area (Å²) in [5, 5.41) is 8.00. The van der Waals surface area contributed by atoms with Crippen molar-refractivity contribution in [2.75, 3.05) is 37.8 Å². The number of piperidine rings is 2. The van der Waals surface area contributed by atoms with Crippen molar-refractivity contribution < 1.29 is 9.80 Å². The molecule has 6 atom stereocenters. The highest BCUT2D eigenvalue weighted by Gasteiger charge is 2.75. The zero-order valence-corrected chi connectivity index (χ0v) is 15.6. The zero-order valence-electron chi connectivity index (χ0n) is 15.6. The number of likely N-dealkylation sites (tertiary alicyclic amines) is 2. The molecule has 6 rings (SSSR count). The predicted octanol–water partition coefficient (Wildman–Crippen LogP) is 0.202. The lowest BCUT2D eigenvalue weighted by Gasteiger charge is -2.68. The summed E-state index contributed by atoms with van der Waals surface area (Å²) < 4.78 is 0. The Kier molecular flexibility index (Phi) is 2.79. The number of rotatable bonds is 0. The Morgan fingerprint density at radius 1 is 0.731 bits per heavy atom. The van der Waals surface area contributed by atoms with E-state index in [9.17, 15) is 0 Å². The van der Waals surface area contributed by atoms with Gasteiger partial charge in [-0.15, -0.1) is 0 Å². The van der Waals surface area contributed by atoms with Gasteiger partial charge in [-0.05, 0) is 23.3 Å². The molecule has 0 aliphatic carbocycles. The Labute approximate surface area is 155 Å². The maximum absolute atomic E-state index is 4.00. The molecule has 0 aromatic heterocycles. The lowest BCUT2D eigenvalue weighted by molar-refractivity contribution is -0.944. The minimum Gasteiger partial charge on any atom is -0.335 e. The minimum absolute atomic E-state index is 0.162. The van der Waals surface area contributed by atoms with Gasteiger partial charge in [0.25, 0.3) is 0 Å². The van der Waals surface area contributed by atoms with E-state index in [0.29, 0.717) is 12.3 Å². The molecular weight excluding hydrogens is 320 g/mol. The molecule has 26 heavy (non-hydrogen) atoms.